The lowest BCUT2D eigenvalue weighted by Crippen LogP contribution is -2.44. The van der Waals surface area contributed by atoms with Crippen molar-refractivity contribution < 1.29 is 14.3 Å². The molecule has 2 rings (SSSR count). The molecule has 1 N–H and O–H groups in total. The van der Waals surface area contributed by atoms with Crippen LogP contribution in [0.25, 0.3) is 0 Å². The van der Waals surface area contributed by atoms with Gasteiger partial charge in [-0.2, -0.15) is 0 Å². The van der Waals surface area contributed by atoms with E-state index in [9.17, 15) is 4.79 Å². The first-order valence-electron chi connectivity index (χ1n) is 9.44. The number of likely N-dealkylation sites (tertiary alicyclic amines) is 1. The molecule has 7 nitrogen and oxygen atoms in total. The molecule has 0 spiro atoms. The normalized spacial score (nSPS) is 17.2. The third-order valence-electron chi connectivity index (χ3n) is 4.52. The van der Waals surface area contributed by atoms with Gasteiger partial charge in [0.25, 0.3) is 0 Å². The van der Waals surface area contributed by atoms with Crippen LogP contribution < -0.4 is 5.32 Å². The molecule has 1 fully saturated rings. The minimum absolute atomic E-state index is 0.0288. The molecule has 0 radical (unpaired) electrons. The van der Waals surface area contributed by atoms with Crippen LogP contribution in [0.15, 0.2) is 35.3 Å². The molecule has 0 bridgehead atoms. The second-order valence-corrected chi connectivity index (χ2v) is 6.94. The van der Waals surface area contributed by atoms with Crippen LogP contribution in [0.5, 0.6) is 0 Å². The number of guanidine groups is 1. The molecule has 150 valence electrons. The van der Waals surface area contributed by atoms with Gasteiger partial charge in [-0.05, 0) is 12.0 Å². The predicted molar refractivity (Wildman–Crippen MR) is 107 cm³/mol. The van der Waals surface area contributed by atoms with Crippen molar-refractivity contribution in [3.63, 3.8) is 0 Å². The zero-order valence-electron chi connectivity index (χ0n) is 16.7. The summed E-state index contributed by atoms with van der Waals surface area (Å²) < 4.78 is 10.7. The molecule has 1 aliphatic rings. The quantitative estimate of drug-likeness (QED) is 0.399. The van der Waals surface area contributed by atoms with Gasteiger partial charge in [-0.1, -0.05) is 30.3 Å². The summed E-state index contributed by atoms with van der Waals surface area (Å²) in [5, 5.41) is 3.23. The molecule has 1 atom stereocenters. The summed E-state index contributed by atoms with van der Waals surface area (Å²) in [5.41, 5.74) is 1.15. The minimum Gasteiger partial charge on any atom is -0.382 e. The van der Waals surface area contributed by atoms with Crippen molar-refractivity contribution in [2.45, 2.75) is 13.0 Å². The molecule has 0 aliphatic carbocycles. The zero-order chi connectivity index (χ0) is 19.5. The number of aliphatic imine (C=N–C) groups is 1. The van der Waals surface area contributed by atoms with Crippen molar-refractivity contribution in [2.24, 2.45) is 10.9 Å². The molecule has 1 aliphatic heterocycles. The Bertz CT molecular complexity index is 592. The summed E-state index contributed by atoms with van der Waals surface area (Å²) in [4.78, 5) is 20.5. The standard InChI is InChI=1S/C20H32N4O3/c1-23(2)19(25)14-22-20(21-13-17-7-5-4-6-8-17)24-10-9-18(15-24)16-27-12-11-26-3/h4-8,18H,9-16H2,1-3H3,(H,21,22). The molecule has 0 aromatic heterocycles. The Kier molecular flexibility index (Phi) is 9.07. The van der Waals surface area contributed by atoms with Gasteiger partial charge in [-0.3, -0.25) is 4.79 Å². The molecule has 1 aromatic carbocycles. The van der Waals surface area contributed by atoms with Gasteiger partial charge in [0.15, 0.2) is 5.96 Å². The van der Waals surface area contributed by atoms with Crippen LogP contribution in [0, 0.1) is 5.92 Å². The zero-order valence-corrected chi connectivity index (χ0v) is 16.7. The maximum atomic E-state index is 12.0. The van der Waals surface area contributed by atoms with Crippen molar-refractivity contribution in [2.75, 3.05) is 60.7 Å². The topological polar surface area (TPSA) is 66.4 Å². The molecule has 1 heterocycles. The number of nitrogens with one attached hydrogen (secondary N) is 1. The first kappa shape index (κ1) is 21.2. The van der Waals surface area contributed by atoms with Gasteiger partial charge in [0, 0.05) is 40.2 Å². The number of methoxy groups -OCH3 is 1. The average molecular weight is 377 g/mol. The summed E-state index contributed by atoms with van der Waals surface area (Å²) in [5.74, 6) is 1.28. The fraction of sp³-hybridized carbons (Fsp3) is 0.600. The van der Waals surface area contributed by atoms with Gasteiger partial charge in [0.2, 0.25) is 5.91 Å². The lowest BCUT2D eigenvalue weighted by molar-refractivity contribution is -0.127. The van der Waals surface area contributed by atoms with E-state index in [2.05, 4.69) is 22.3 Å². The van der Waals surface area contributed by atoms with Crippen molar-refractivity contribution in [1.82, 2.24) is 15.1 Å². The van der Waals surface area contributed by atoms with E-state index in [4.69, 9.17) is 14.5 Å². The SMILES string of the molecule is COCCOCC1CCN(C(=NCc2ccccc2)NCC(=O)N(C)C)C1. The van der Waals surface area contributed by atoms with E-state index in [0.29, 0.717) is 25.7 Å². The van der Waals surface area contributed by atoms with E-state index in [-0.39, 0.29) is 12.5 Å². The summed E-state index contributed by atoms with van der Waals surface area (Å²) >= 11 is 0. The van der Waals surface area contributed by atoms with Crippen LogP contribution in [0.1, 0.15) is 12.0 Å². The lowest BCUT2D eigenvalue weighted by Gasteiger charge is -2.23. The highest BCUT2D eigenvalue weighted by molar-refractivity contribution is 5.86. The third-order valence-corrected chi connectivity index (χ3v) is 4.52. The van der Waals surface area contributed by atoms with Crippen molar-refractivity contribution in [3.8, 4) is 0 Å². The summed E-state index contributed by atoms with van der Waals surface area (Å²) in [7, 11) is 5.19. The highest BCUT2D eigenvalue weighted by Crippen LogP contribution is 2.17. The molecule has 1 aromatic rings. The number of carbonyl (C=O) groups is 1. The lowest BCUT2D eigenvalue weighted by atomic mass is 10.1. The second kappa shape index (κ2) is 11.6. The monoisotopic (exact) mass is 376 g/mol. The van der Waals surface area contributed by atoms with E-state index >= 15 is 0 Å². The first-order valence-corrected chi connectivity index (χ1v) is 9.44. The highest BCUT2D eigenvalue weighted by Gasteiger charge is 2.25. The number of likely N-dealkylation sites (N-methyl/N-ethyl adjacent to an activating group) is 1. The maximum absolute atomic E-state index is 12.0. The Morgan fingerprint density at radius 1 is 1.30 bits per heavy atom. The van der Waals surface area contributed by atoms with Crippen molar-refractivity contribution in [1.29, 1.82) is 0 Å². The van der Waals surface area contributed by atoms with Gasteiger partial charge < -0.3 is 24.6 Å². The summed E-state index contributed by atoms with van der Waals surface area (Å²) in [6.45, 7) is 4.59. The number of benzene rings is 1. The predicted octanol–water partition coefficient (Wildman–Crippen LogP) is 1.21. The smallest absolute Gasteiger partial charge is 0.241 e. The van der Waals surface area contributed by atoms with E-state index in [1.165, 1.54) is 0 Å². The Morgan fingerprint density at radius 2 is 2.07 bits per heavy atom. The molecule has 1 amide bonds. The number of nitrogens with zero attached hydrogens (tertiary/aromatic N) is 3. The van der Waals surface area contributed by atoms with Crippen molar-refractivity contribution >= 4 is 11.9 Å². The number of amides is 1. The largest absolute Gasteiger partial charge is 0.382 e. The third kappa shape index (κ3) is 7.56. The number of carbonyl (C=O) groups excluding carboxylic acids is 1. The minimum atomic E-state index is 0.0288. The molecule has 0 saturated carbocycles. The fourth-order valence-electron chi connectivity index (χ4n) is 2.88. The van der Waals surface area contributed by atoms with Crippen LogP contribution in [0.2, 0.25) is 0 Å². The Hall–Kier alpha value is -2.12. The molecule has 7 heteroatoms. The van der Waals surface area contributed by atoms with Gasteiger partial charge in [-0.15, -0.1) is 0 Å². The van der Waals surface area contributed by atoms with Gasteiger partial charge in [0.1, 0.15) is 0 Å². The molecule has 1 saturated heterocycles. The number of ether oxygens (including phenoxy) is 2. The van der Waals surface area contributed by atoms with Gasteiger partial charge in [-0.25, -0.2) is 4.99 Å². The summed E-state index contributed by atoms with van der Waals surface area (Å²) in [6, 6.07) is 10.1. The summed E-state index contributed by atoms with van der Waals surface area (Å²) in [6.07, 6.45) is 1.06. The van der Waals surface area contributed by atoms with E-state index in [1.54, 1.807) is 26.1 Å². The average Bonchev–Trinajstić information content (AvgIpc) is 3.14. The van der Waals surface area contributed by atoms with Crippen LogP contribution in [0.4, 0.5) is 0 Å². The maximum Gasteiger partial charge on any atom is 0.241 e. The molecular weight excluding hydrogens is 344 g/mol. The molecular formula is C20H32N4O3. The fourth-order valence-corrected chi connectivity index (χ4v) is 2.88. The highest BCUT2D eigenvalue weighted by atomic mass is 16.5. The van der Waals surface area contributed by atoms with Crippen LogP contribution in [0.3, 0.4) is 0 Å². The number of hydrogen-bond acceptors (Lipinski definition) is 4. The Morgan fingerprint density at radius 3 is 2.78 bits per heavy atom. The Labute approximate surface area is 162 Å². The van der Waals surface area contributed by atoms with Crippen LogP contribution in [-0.4, -0.2) is 82.3 Å². The van der Waals surface area contributed by atoms with Crippen molar-refractivity contribution in [3.05, 3.63) is 35.9 Å². The Balaban J connectivity index is 1.93. The second-order valence-electron chi connectivity index (χ2n) is 6.94. The van der Waals surface area contributed by atoms with Gasteiger partial charge >= 0.3 is 0 Å². The molecule has 1 unspecified atom stereocenters. The van der Waals surface area contributed by atoms with Crippen LogP contribution in [-0.2, 0) is 20.8 Å². The number of rotatable bonds is 9. The van der Waals surface area contributed by atoms with Crippen LogP contribution >= 0.6 is 0 Å². The number of hydrogen-bond donors (Lipinski definition) is 1. The first-order chi connectivity index (χ1) is 13.1. The van der Waals surface area contributed by atoms with Gasteiger partial charge in [0.05, 0.1) is 32.9 Å². The van der Waals surface area contributed by atoms with E-state index < -0.39 is 0 Å². The van der Waals surface area contributed by atoms with E-state index in [0.717, 1.165) is 37.6 Å². The van der Waals surface area contributed by atoms with E-state index in [1.807, 2.05) is 18.2 Å². The molecule has 27 heavy (non-hydrogen) atoms.